The minimum Gasteiger partial charge on any atom is -0.383 e. The van der Waals surface area contributed by atoms with Crippen LogP contribution in [0.25, 0.3) is 0 Å². The standard InChI is InChI=1S/C17H34N4O2/c1-5-14(6-2)15-8-10-21(13-15)17(18-7-3)20-12-16(22)19-9-11-23-4/h14-15H,5-13H2,1-4H3,(H,18,20)(H,19,22). The molecule has 1 aliphatic rings. The Morgan fingerprint density at radius 1 is 1.30 bits per heavy atom. The van der Waals surface area contributed by atoms with Crippen molar-refractivity contribution in [3.8, 4) is 0 Å². The maximum Gasteiger partial charge on any atom is 0.241 e. The van der Waals surface area contributed by atoms with E-state index in [4.69, 9.17) is 4.74 Å². The Balaban J connectivity index is 2.54. The SMILES string of the molecule is CCNC(=NCC(=O)NCCOC)N1CCC(C(CC)CC)C1. The number of hydrogen-bond acceptors (Lipinski definition) is 3. The lowest BCUT2D eigenvalue weighted by atomic mass is 9.87. The number of methoxy groups -OCH3 is 1. The second-order valence-corrected chi connectivity index (χ2v) is 6.08. The van der Waals surface area contributed by atoms with Gasteiger partial charge in [-0.15, -0.1) is 0 Å². The fourth-order valence-corrected chi connectivity index (χ4v) is 3.24. The monoisotopic (exact) mass is 326 g/mol. The quantitative estimate of drug-likeness (QED) is 0.383. The third-order valence-corrected chi connectivity index (χ3v) is 4.58. The summed E-state index contributed by atoms with van der Waals surface area (Å²) in [6.07, 6.45) is 3.70. The van der Waals surface area contributed by atoms with Crippen molar-refractivity contribution in [3.05, 3.63) is 0 Å². The highest BCUT2D eigenvalue weighted by molar-refractivity contribution is 5.85. The van der Waals surface area contributed by atoms with Crippen molar-refractivity contribution < 1.29 is 9.53 Å². The highest BCUT2D eigenvalue weighted by Gasteiger charge is 2.29. The molecule has 0 spiro atoms. The molecule has 1 atom stereocenters. The van der Waals surface area contributed by atoms with Crippen LogP contribution >= 0.6 is 0 Å². The Hall–Kier alpha value is -1.30. The molecule has 0 saturated carbocycles. The van der Waals surface area contributed by atoms with Gasteiger partial charge in [-0.05, 0) is 25.2 Å². The van der Waals surface area contributed by atoms with Gasteiger partial charge in [-0.25, -0.2) is 4.99 Å². The molecule has 1 aliphatic heterocycles. The normalized spacial score (nSPS) is 18.6. The molecule has 0 aromatic heterocycles. The first-order chi connectivity index (χ1) is 11.2. The van der Waals surface area contributed by atoms with Crippen molar-refractivity contribution in [2.45, 2.75) is 40.0 Å². The number of carbonyl (C=O) groups excluding carboxylic acids is 1. The van der Waals surface area contributed by atoms with E-state index in [1.165, 1.54) is 19.3 Å². The molecule has 134 valence electrons. The molecule has 6 nitrogen and oxygen atoms in total. The maximum atomic E-state index is 11.8. The molecule has 1 saturated heterocycles. The topological polar surface area (TPSA) is 66.0 Å². The zero-order chi connectivity index (χ0) is 17.1. The summed E-state index contributed by atoms with van der Waals surface area (Å²) in [4.78, 5) is 18.6. The molecule has 1 fully saturated rings. The molecule has 1 unspecified atom stereocenters. The first-order valence-electron chi connectivity index (χ1n) is 8.95. The molecule has 0 bridgehead atoms. The van der Waals surface area contributed by atoms with Crippen molar-refractivity contribution >= 4 is 11.9 Å². The lowest BCUT2D eigenvalue weighted by Crippen LogP contribution is -2.41. The van der Waals surface area contributed by atoms with E-state index in [0.717, 1.165) is 37.4 Å². The van der Waals surface area contributed by atoms with Crippen molar-refractivity contribution in [1.82, 2.24) is 15.5 Å². The second-order valence-electron chi connectivity index (χ2n) is 6.08. The van der Waals surface area contributed by atoms with Gasteiger partial charge in [0.2, 0.25) is 5.91 Å². The van der Waals surface area contributed by atoms with Crippen LogP contribution in [-0.4, -0.2) is 63.2 Å². The number of nitrogens with one attached hydrogen (secondary N) is 2. The summed E-state index contributed by atoms with van der Waals surface area (Å²) in [6.45, 7) is 10.7. The average molecular weight is 326 g/mol. The van der Waals surface area contributed by atoms with Crippen molar-refractivity contribution in [2.24, 2.45) is 16.8 Å². The molecule has 1 amide bonds. The zero-order valence-electron chi connectivity index (χ0n) is 15.2. The maximum absolute atomic E-state index is 11.8. The van der Waals surface area contributed by atoms with E-state index in [1.807, 2.05) is 0 Å². The number of carbonyl (C=O) groups is 1. The van der Waals surface area contributed by atoms with Crippen LogP contribution in [0, 0.1) is 11.8 Å². The van der Waals surface area contributed by atoms with Crippen LogP contribution in [0.2, 0.25) is 0 Å². The van der Waals surface area contributed by atoms with Gasteiger partial charge in [0.15, 0.2) is 5.96 Å². The highest BCUT2D eigenvalue weighted by Crippen LogP contribution is 2.28. The van der Waals surface area contributed by atoms with Gasteiger partial charge in [0.25, 0.3) is 0 Å². The molecular weight excluding hydrogens is 292 g/mol. The fraction of sp³-hybridized carbons (Fsp3) is 0.882. The number of ether oxygens (including phenoxy) is 1. The fourth-order valence-electron chi connectivity index (χ4n) is 3.24. The summed E-state index contributed by atoms with van der Waals surface area (Å²) < 4.78 is 4.92. The number of aliphatic imine (C=N–C) groups is 1. The van der Waals surface area contributed by atoms with Gasteiger partial charge in [-0.3, -0.25) is 4.79 Å². The Kier molecular flexibility index (Phi) is 9.67. The van der Waals surface area contributed by atoms with Gasteiger partial charge in [0.05, 0.1) is 6.61 Å². The van der Waals surface area contributed by atoms with E-state index in [-0.39, 0.29) is 12.5 Å². The average Bonchev–Trinajstić information content (AvgIpc) is 3.02. The molecule has 0 radical (unpaired) electrons. The van der Waals surface area contributed by atoms with E-state index >= 15 is 0 Å². The van der Waals surface area contributed by atoms with Gasteiger partial charge < -0.3 is 20.3 Å². The predicted molar refractivity (Wildman–Crippen MR) is 94.6 cm³/mol. The number of hydrogen-bond donors (Lipinski definition) is 2. The first-order valence-corrected chi connectivity index (χ1v) is 8.95. The van der Waals surface area contributed by atoms with Crippen LogP contribution in [-0.2, 0) is 9.53 Å². The zero-order valence-corrected chi connectivity index (χ0v) is 15.2. The third kappa shape index (κ3) is 6.77. The van der Waals surface area contributed by atoms with Crippen LogP contribution in [0.4, 0.5) is 0 Å². The lowest BCUT2D eigenvalue weighted by molar-refractivity contribution is -0.119. The van der Waals surface area contributed by atoms with Crippen LogP contribution < -0.4 is 10.6 Å². The molecule has 2 N–H and O–H groups in total. The van der Waals surface area contributed by atoms with Crippen LogP contribution in [0.5, 0.6) is 0 Å². The van der Waals surface area contributed by atoms with E-state index in [2.05, 4.69) is 41.3 Å². The van der Waals surface area contributed by atoms with Crippen LogP contribution in [0.1, 0.15) is 40.0 Å². The summed E-state index contributed by atoms with van der Waals surface area (Å²) in [5.74, 6) is 2.33. The highest BCUT2D eigenvalue weighted by atomic mass is 16.5. The summed E-state index contributed by atoms with van der Waals surface area (Å²) >= 11 is 0. The Bertz CT molecular complexity index is 370. The van der Waals surface area contributed by atoms with Crippen molar-refractivity contribution in [3.63, 3.8) is 0 Å². The number of guanidine groups is 1. The van der Waals surface area contributed by atoms with Gasteiger partial charge >= 0.3 is 0 Å². The molecule has 6 heteroatoms. The number of amides is 1. The molecule has 23 heavy (non-hydrogen) atoms. The summed E-state index contributed by atoms with van der Waals surface area (Å²) in [5.41, 5.74) is 0. The van der Waals surface area contributed by atoms with Gasteiger partial charge in [-0.2, -0.15) is 0 Å². The van der Waals surface area contributed by atoms with Crippen molar-refractivity contribution in [2.75, 3.05) is 46.4 Å². The van der Waals surface area contributed by atoms with E-state index in [0.29, 0.717) is 13.2 Å². The first kappa shape index (κ1) is 19.7. The minimum absolute atomic E-state index is 0.0619. The van der Waals surface area contributed by atoms with E-state index in [9.17, 15) is 4.79 Å². The van der Waals surface area contributed by atoms with Crippen LogP contribution in [0.3, 0.4) is 0 Å². The molecule has 1 heterocycles. The lowest BCUT2D eigenvalue weighted by Gasteiger charge is -2.24. The smallest absolute Gasteiger partial charge is 0.241 e. The second kappa shape index (κ2) is 11.3. The molecule has 0 aliphatic carbocycles. The van der Waals surface area contributed by atoms with Gasteiger partial charge in [-0.1, -0.05) is 26.7 Å². The predicted octanol–water partition coefficient (Wildman–Crippen LogP) is 1.47. The molecular formula is C17H34N4O2. The van der Waals surface area contributed by atoms with E-state index < -0.39 is 0 Å². The number of likely N-dealkylation sites (tertiary alicyclic amines) is 1. The van der Waals surface area contributed by atoms with Gasteiger partial charge in [0, 0.05) is 33.3 Å². The molecule has 0 aromatic rings. The molecule has 0 aromatic carbocycles. The summed E-state index contributed by atoms with van der Waals surface area (Å²) in [6, 6.07) is 0. The van der Waals surface area contributed by atoms with Crippen molar-refractivity contribution in [1.29, 1.82) is 0 Å². The Morgan fingerprint density at radius 3 is 2.65 bits per heavy atom. The Morgan fingerprint density at radius 2 is 2.04 bits per heavy atom. The number of nitrogens with zero attached hydrogens (tertiary/aromatic N) is 2. The molecule has 1 rings (SSSR count). The van der Waals surface area contributed by atoms with Crippen LogP contribution in [0.15, 0.2) is 4.99 Å². The third-order valence-electron chi connectivity index (χ3n) is 4.58. The van der Waals surface area contributed by atoms with Gasteiger partial charge in [0.1, 0.15) is 6.54 Å². The largest absolute Gasteiger partial charge is 0.383 e. The summed E-state index contributed by atoms with van der Waals surface area (Å²) in [5, 5.41) is 6.11. The number of rotatable bonds is 9. The Labute approximate surface area is 141 Å². The minimum atomic E-state index is -0.0619. The summed E-state index contributed by atoms with van der Waals surface area (Å²) in [7, 11) is 1.62. The van der Waals surface area contributed by atoms with E-state index in [1.54, 1.807) is 7.11 Å².